The summed E-state index contributed by atoms with van der Waals surface area (Å²) in [6.45, 7) is 4.25. The molecular formula is C18H38O4S. The lowest BCUT2D eigenvalue weighted by Gasteiger charge is -2.17. The van der Waals surface area contributed by atoms with E-state index in [1.807, 2.05) is 6.92 Å². The third-order valence-corrected chi connectivity index (χ3v) is 5.75. The second kappa shape index (κ2) is 14.2. The lowest BCUT2D eigenvalue weighted by Crippen LogP contribution is -2.26. The maximum Gasteiger partial charge on any atom is 0.267 e. The van der Waals surface area contributed by atoms with Crippen LogP contribution in [0.3, 0.4) is 0 Å². The molecule has 0 saturated heterocycles. The molecule has 0 saturated carbocycles. The fraction of sp³-hybridized carbons (Fsp3) is 1.00. The van der Waals surface area contributed by atoms with Gasteiger partial charge in [0.25, 0.3) is 10.1 Å². The second-order valence-electron chi connectivity index (χ2n) is 6.79. The Morgan fingerprint density at radius 3 is 1.70 bits per heavy atom. The summed E-state index contributed by atoms with van der Waals surface area (Å²) >= 11 is 0. The van der Waals surface area contributed by atoms with E-state index in [0.717, 1.165) is 32.1 Å². The maximum absolute atomic E-state index is 11.5. The van der Waals surface area contributed by atoms with Gasteiger partial charge >= 0.3 is 0 Å². The van der Waals surface area contributed by atoms with E-state index < -0.39 is 21.5 Å². The molecule has 0 amide bonds. The summed E-state index contributed by atoms with van der Waals surface area (Å²) in [7, 11) is -4.05. The molecular weight excluding hydrogens is 312 g/mol. The zero-order chi connectivity index (χ0) is 17.6. The van der Waals surface area contributed by atoms with Crippen LogP contribution in [0.2, 0.25) is 0 Å². The van der Waals surface area contributed by atoms with E-state index in [1.165, 1.54) is 38.5 Å². The van der Waals surface area contributed by atoms with E-state index in [4.69, 9.17) is 0 Å². The molecule has 0 heterocycles. The van der Waals surface area contributed by atoms with Gasteiger partial charge in [-0.25, -0.2) is 0 Å². The Labute approximate surface area is 143 Å². The van der Waals surface area contributed by atoms with Crippen LogP contribution in [0.1, 0.15) is 104 Å². The van der Waals surface area contributed by atoms with Crippen molar-refractivity contribution in [2.45, 2.75) is 115 Å². The standard InChI is InChI=1S/C18H38O4S/c1-3-5-7-8-9-10-11-12-13-15-18(23(20,21)22)16-17(19)14-6-4-2/h17-19H,3-16H2,1-2H3,(H,20,21,22). The minimum absolute atomic E-state index is 0.163. The van der Waals surface area contributed by atoms with Crippen LogP contribution in [-0.2, 0) is 10.1 Å². The summed E-state index contributed by atoms with van der Waals surface area (Å²) in [5.41, 5.74) is 0. The van der Waals surface area contributed by atoms with Gasteiger partial charge in [-0.15, -0.1) is 0 Å². The molecule has 0 bridgehead atoms. The highest BCUT2D eigenvalue weighted by atomic mass is 32.2. The Kier molecular flexibility index (Phi) is 14.2. The SMILES string of the molecule is CCCCCCCCCCCC(CC(O)CCCC)S(=O)(=O)O. The number of hydrogen-bond acceptors (Lipinski definition) is 3. The van der Waals surface area contributed by atoms with Crippen molar-refractivity contribution in [3.05, 3.63) is 0 Å². The van der Waals surface area contributed by atoms with E-state index in [1.54, 1.807) is 0 Å². The molecule has 0 rings (SSSR count). The second-order valence-corrected chi connectivity index (χ2v) is 8.48. The molecule has 0 radical (unpaired) electrons. The van der Waals surface area contributed by atoms with Gasteiger partial charge in [0.1, 0.15) is 0 Å². The van der Waals surface area contributed by atoms with Crippen LogP contribution in [0.5, 0.6) is 0 Å². The first-order valence-electron chi connectivity index (χ1n) is 9.56. The van der Waals surface area contributed by atoms with Gasteiger partial charge in [0.2, 0.25) is 0 Å². The molecule has 0 aliphatic heterocycles. The van der Waals surface area contributed by atoms with E-state index in [0.29, 0.717) is 12.8 Å². The monoisotopic (exact) mass is 350 g/mol. The van der Waals surface area contributed by atoms with Crippen LogP contribution in [0, 0.1) is 0 Å². The average Bonchev–Trinajstić information content (AvgIpc) is 2.49. The normalized spacial score (nSPS) is 14.8. The lowest BCUT2D eigenvalue weighted by atomic mass is 10.0. The highest BCUT2D eigenvalue weighted by molar-refractivity contribution is 7.86. The van der Waals surface area contributed by atoms with Crippen molar-refractivity contribution in [1.82, 2.24) is 0 Å². The van der Waals surface area contributed by atoms with Crippen molar-refractivity contribution in [3.63, 3.8) is 0 Å². The zero-order valence-corrected chi connectivity index (χ0v) is 16.0. The maximum atomic E-state index is 11.5. The van der Waals surface area contributed by atoms with Gasteiger partial charge in [0.15, 0.2) is 0 Å². The van der Waals surface area contributed by atoms with Crippen molar-refractivity contribution in [2.75, 3.05) is 0 Å². The summed E-state index contributed by atoms with van der Waals surface area (Å²) in [4.78, 5) is 0. The first-order valence-corrected chi connectivity index (χ1v) is 11.1. The molecule has 2 unspecified atom stereocenters. The Morgan fingerprint density at radius 1 is 0.739 bits per heavy atom. The molecule has 2 N–H and O–H groups in total. The number of aliphatic hydroxyl groups is 1. The van der Waals surface area contributed by atoms with Gasteiger partial charge in [-0.2, -0.15) is 8.42 Å². The molecule has 0 fully saturated rings. The van der Waals surface area contributed by atoms with Crippen LogP contribution < -0.4 is 0 Å². The molecule has 23 heavy (non-hydrogen) atoms. The highest BCUT2D eigenvalue weighted by Gasteiger charge is 2.25. The third kappa shape index (κ3) is 14.0. The summed E-state index contributed by atoms with van der Waals surface area (Å²) in [6.07, 6.45) is 13.1. The smallest absolute Gasteiger partial charge is 0.267 e. The minimum Gasteiger partial charge on any atom is -0.393 e. The summed E-state index contributed by atoms with van der Waals surface area (Å²) < 4.78 is 32.2. The van der Waals surface area contributed by atoms with Crippen LogP contribution in [-0.4, -0.2) is 29.4 Å². The highest BCUT2D eigenvalue weighted by Crippen LogP contribution is 2.19. The molecule has 0 aromatic carbocycles. The van der Waals surface area contributed by atoms with Gasteiger partial charge in [-0.3, -0.25) is 4.55 Å². The largest absolute Gasteiger partial charge is 0.393 e. The van der Waals surface area contributed by atoms with Gasteiger partial charge in [0.05, 0.1) is 11.4 Å². The Hall–Kier alpha value is -0.130. The molecule has 5 heteroatoms. The predicted molar refractivity (Wildman–Crippen MR) is 97.3 cm³/mol. The predicted octanol–water partition coefficient (Wildman–Crippen LogP) is 5.10. The molecule has 0 aromatic rings. The zero-order valence-electron chi connectivity index (χ0n) is 15.2. The van der Waals surface area contributed by atoms with Crippen molar-refractivity contribution in [1.29, 1.82) is 0 Å². The van der Waals surface area contributed by atoms with Crippen molar-refractivity contribution < 1.29 is 18.1 Å². The van der Waals surface area contributed by atoms with Gasteiger partial charge in [-0.1, -0.05) is 84.5 Å². The Bertz CT molecular complexity index is 354. The average molecular weight is 351 g/mol. The van der Waals surface area contributed by atoms with Crippen LogP contribution >= 0.6 is 0 Å². The summed E-state index contributed by atoms with van der Waals surface area (Å²) in [5.74, 6) is 0. The Morgan fingerprint density at radius 2 is 1.22 bits per heavy atom. The molecule has 0 aliphatic carbocycles. The molecule has 4 nitrogen and oxygen atoms in total. The Balaban J connectivity index is 3.86. The van der Waals surface area contributed by atoms with Gasteiger partial charge in [0, 0.05) is 0 Å². The van der Waals surface area contributed by atoms with E-state index in [-0.39, 0.29) is 6.42 Å². The van der Waals surface area contributed by atoms with Gasteiger partial charge < -0.3 is 5.11 Å². The summed E-state index contributed by atoms with van der Waals surface area (Å²) in [6, 6.07) is 0. The molecule has 0 aliphatic rings. The fourth-order valence-corrected chi connectivity index (χ4v) is 3.86. The van der Waals surface area contributed by atoms with Crippen molar-refractivity contribution in [3.8, 4) is 0 Å². The summed E-state index contributed by atoms with van der Waals surface area (Å²) in [5, 5.41) is 9.08. The topological polar surface area (TPSA) is 74.6 Å². The molecule has 0 aromatic heterocycles. The van der Waals surface area contributed by atoms with Crippen LogP contribution in [0.25, 0.3) is 0 Å². The number of unbranched alkanes of at least 4 members (excludes halogenated alkanes) is 9. The minimum atomic E-state index is -4.05. The van der Waals surface area contributed by atoms with Crippen LogP contribution in [0.15, 0.2) is 0 Å². The fourth-order valence-electron chi connectivity index (χ4n) is 2.93. The van der Waals surface area contributed by atoms with Crippen LogP contribution in [0.4, 0.5) is 0 Å². The number of aliphatic hydroxyl groups excluding tert-OH is 1. The first-order chi connectivity index (χ1) is 10.9. The molecule has 140 valence electrons. The van der Waals surface area contributed by atoms with Gasteiger partial charge in [-0.05, 0) is 19.3 Å². The van der Waals surface area contributed by atoms with E-state index >= 15 is 0 Å². The number of rotatable bonds is 16. The van der Waals surface area contributed by atoms with E-state index in [2.05, 4.69) is 6.92 Å². The first kappa shape index (κ1) is 22.9. The number of hydrogen-bond donors (Lipinski definition) is 2. The van der Waals surface area contributed by atoms with E-state index in [9.17, 15) is 18.1 Å². The van der Waals surface area contributed by atoms with Crippen molar-refractivity contribution in [2.24, 2.45) is 0 Å². The lowest BCUT2D eigenvalue weighted by molar-refractivity contribution is 0.147. The van der Waals surface area contributed by atoms with Crippen molar-refractivity contribution >= 4 is 10.1 Å². The quantitative estimate of drug-likeness (QED) is 0.300. The molecule has 0 spiro atoms. The molecule has 2 atom stereocenters. The third-order valence-electron chi connectivity index (χ3n) is 4.48.